The minimum absolute atomic E-state index is 0.00447. The van der Waals surface area contributed by atoms with Gasteiger partial charge in [0.2, 0.25) is 5.91 Å². The lowest BCUT2D eigenvalue weighted by atomic mass is 9.73. The molecule has 178 valence electrons. The Labute approximate surface area is 199 Å². The van der Waals surface area contributed by atoms with Crippen LogP contribution in [0.3, 0.4) is 0 Å². The van der Waals surface area contributed by atoms with E-state index in [0.29, 0.717) is 47.8 Å². The van der Waals surface area contributed by atoms with Crippen molar-refractivity contribution in [2.24, 2.45) is 5.41 Å². The number of ketones is 1. The summed E-state index contributed by atoms with van der Waals surface area (Å²) in [6.07, 6.45) is 1.06. The third-order valence-corrected chi connectivity index (χ3v) is 6.08. The highest BCUT2D eigenvalue weighted by Crippen LogP contribution is 2.49. The molecule has 1 aliphatic heterocycles. The highest BCUT2D eigenvalue weighted by atomic mass is 16.6. The first-order valence-electron chi connectivity index (χ1n) is 11.5. The van der Waals surface area contributed by atoms with Gasteiger partial charge in [0.25, 0.3) is 0 Å². The molecule has 34 heavy (non-hydrogen) atoms. The molecule has 2 aliphatic rings. The molecule has 0 unspecified atom stereocenters. The molecule has 4 rings (SSSR count). The van der Waals surface area contributed by atoms with E-state index in [1.54, 1.807) is 23.1 Å². The fourth-order valence-corrected chi connectivity index (χ4v) is 4.85. The van der Waals surface area contributed by atoms with Crippen molar-refractivity contribution < 1.29 is 23.9 Å². The van der Waals surface area contributed by atoms with E-state index in [1.807, 2.05) is 31.2 Å². The van der Waals surface area contributed by atoms with Crippen molar-refractivity contribution in [3.8, 4) is 11.5 Å². The van der Waals surface area contributed by atoms with Crippen molar-refractivity contribution in [3.63, 3.8) is 0 Å². The predicted molar refractivity (Wildman–Crippen MR) is 130 cm³/mol. The third kappa shape index (κ3) is 4.42. The molecule has 1 aliphatic carbocycles. The second kappa shape index (κ2) is 8.97. The molecule has 2 aromatic rings. The van der Waals surface area contributed by atoms with Gasteiger partial charge in [-0.25, -0.2) is 0 Å². The van der Waals surface area contributed by atoms with Gasteiger partial charge in [0, 0.05) is 31.5 Å². The molecule has 0 saturated heterocycles. The molecule has 7 nitrogen and oxygen atoms in total. The molecular formula is C27H30N2O5. The Bertz CT molecular complexity index is 1200. The van der Waals surface area contributed by atoms with Crippen LogP contribution in [-0.2, 0) is 14.4 Å². The summed E-state index contributed by atoms with van der Waals surface area (Å²) in [7, 11) is 0. The fourth-order valence-electron chi connectivity index (χ4n) is 4.85. The summed E-state index contributed by atoms with van der Waals surface area (Å²) in [5.41, 5.74) is 3.37. The van der Waals surface area contributed by atoms with Crippen LogP contribution in [0.4, 0.5) is 11.4 Å². The van der Waals surface area contributed by atoms with Gasteiger partial charge in [0.05, 0.1) is 24.0 Å². The number of para-hydroxylation sites is 2. The number of hydrogen-bond donors (Lipinski definition) is 1. The number of ether oxygens (including phenoxy) is 2. The molecule has 1 N–H and O–H groups in total. The largest absolute Gasteiger partial charge is 0.490 e. The number of esters is 1. The van der Waals surface area contributed by atoms with Crippen molar-refractivity contribution >= 4 is 29.0 Å². The summed E-state index contributed by atoms with van der Waals surface area (Å²) < 4.78 is 11.1. The zero-order valence-corrected chi connectivity index (χ0v) is 20.2. The number of hydrogen-bond acceptors (Lipinski definition) is 6. The van der Waals surface area contributed by atoms with Gasteiger partial charge in [0.15, 0.2) is 17.3 Å². The minimum atomic E-state index is -0.655. The molecule has 0 fully saturated rings. The summed E-state index contributed by atoms with van der Waals surface area (Å²) in [4.78, 5) is 39.9. The summed E-state index contributed by atoms with van der Waals surface area (Å²) in [5, 5.41) is 3.47. The molecule has 1 heterocycles. The number of rotatable bonds is 4. The Kier molecular flexibility index (Phi) is 6.21. The van der Waals surface area contributed by atoms with Crippen LogP contribution in [0.5, 0.6) is 11.5 Å². The molecule has 1 atom stereocenters. The first-order valence-corrected chi connectivity index (χ1v) is 11.5. The normalized spacial score (nSPS) is 18.9. The number of amides is 1. The van der Waals surface area contributed by atoms with Crippen molar-refractivity contribution in [2.45, 2.75) is 53.5 Å². The lowest BCUT2D eigenvalue weighted by molar-refractivity contribution is -0.132. The van der Waals surface area contributed by atoms with Gasteiger partial charge in [-0.1, -0.05) is 32.0 Å². The number of benzene rings is 2. The second-order valence-corrected chi connectivity index (χ2v) is 9.50. The molecule has 0 aromatic heterocycles. The Morgan fingerprint density at radius 1 is 1.09 bits per heavy atom. The van der Waals surface area contributed by atoms with Gasteiger partial charge in [-0.15, -0.1) is 0 Å². The molecule has 0 radical (unpaired) electrons. The number of carbonyl (C=O) groups is 3. The zero-order valence-electron chi connectivity index (χ0n) is 20.2. The lowest BCUT2D eigenvalue weighted by Gasteiger charge is -2.37. The maximum Gasteiger partial charge on any atom is 0.308 e. The smallest absolute Gasteiger partial charge is 0.308 e. The number of nitrogens with one attached hydrogen (secondary N) is 1. The topological polar surface area (TPSA) is 84.9 Å². The highest BCUT2D eigenvalue weighted by molar-refractivity contribution is 6.05. The fraction of sp³-hybridized carbons (Fsp3) is 0.370. The number of fused-ring (bicyclic) bond motifs is 1. The van der Waals surface area contributed by atoms with Gasteiger partial charge in [0.1, 0.15) is 0 Å². The Morgan fingerprint density at radius 2 is 1.82 bits per heavy atom. The minimum Gasteiger partial charge on any atom is -0.490 e. The van der Waals surface area contributed by atoms with Gasteiger partial charge in [-0.3, -0.25) is 19.3 Å². The number of carbonyl (C=O) groups excluding carboxylic acids is 3. The summed E-state index contributed by atoms with van der Waals surface area (Å²) in [6, 6.07) is 12.1. The number of allylic oxidation sites excluding steroid dienone is 1. The predicted octanol–water partition coefficient (Wildman–Crippen LogP) is 5.17. The van der Waals surface area contributed by atoms with Crippen LogP contribution < -0.4 is 19.7 Å². The molecule has 0 saturated carbocycles. The standard InChI is InChI=1S/C27H30N2O5/c1-6-33-24-13-18(11-12-23(24)34-17(3)31)26-25-20(14-27(4,5)15-22(25)32)28-19-9-7-8-10-21(19)29(26)16(2)30/h7-13,26,28H,6,14-15H2,1-5H3/t26-/m0/s1. The first kappa shape index (κ1) is 23.5. The van der Waals surface area contributed by atoms with E-state index in [4.69, 9.17) is 9.47 Å². The molecule has 2 aromatic carbocycles. The van der Waals surface area contributed by atoms with Crippen LogP contribution in [0.2, 0.25) is 0 Å². The van der Waals surface area contributed by atoms with Crippen LogP contribution in [0, 0.1) is 5.41 Å². The summed E-state index contributed by atoms with van der Waals surface area (Å²) >= 11 is 0. The van der Waals surface area contributed by atoms with E-state index in [-0.39, 0.29) is 17.1 Å². The van der Waals surface area contributed by atoms with Gasteiger partial charge < -0.3 is 14.8 Å². The van der Waals surface area contributed by atoms with Crippen molar-refractivity contribution in [1.82, 2.24) is 0 Å². The van der Waals surface area contributed by atoms with Crippen LogP contribution in [0.25, 0.3) is 0 Å². The van der Waals surface area contributed by atoms with Crippen LogP contribution in [0.1, 0.15) is 59.1 Å². The molecule has 7 heteroatoms. The van der Waals surface area contributed by atoms with Crippen molar-refractivity contribution in [2.75, 3.05) is 16.8 Å². The third-order valence-electron chi connectivity index (χ3n) is 6.08. The van der Waals surface area contributed by atoms with E-state index < -0.39 is 12.0 Å². The zero-order chi connectivity index (χ0) is 24.6. The van der Waals surface area contributed by atoms with Gasteiger partial charge in [-0.2, -0.15) is 0 Å². The van der Waals surface area contributed by atoms with E-state index >= 15 is 0 Å². The molecule has 0 bridgehead atoms. The van der Waals surface area contributed by atoms with Crippen LogP contribution in [-0.4, -0.2) is 24.3 Å². The highest BCUT2D eigenvalue weighted by Gasteiger charge is 2.42. The Morgan fingerprint density at radius 3 is 2.50 bits per heavy atom. The summed E-state index contributed by atoms with van der Waals surface area (Å²) in [6.45, 7) is 9.19. The quantitative estimate of drug-likeness (QED) is 0.498. The Hall–Kier alpha value is -3.61. The number of Topliss-reactive ketones (excluding diaryl/α,β-unsaturated/α-hetero) is 1. The average molecular weight is 463 g/mol. The van der Waals surface area contributed by atoms with Crippen LogP contribution >= 0.6 is 0 Å². The molecular weight excluding hydrogens is 432 g/mol. The number of nitrogens with zero attached hydrogens (tertiary/aromatic N) is 1. The van der Waals surface area contributed by atoms with Crippen molar-refractivity contribution in [3.05, 3.63) is 59.3 Å². The van der Waals surface area contributed by atoms with Gasteiger partial charge >= 0.3 is 5.97 Å². The SMILES string of the molecule is CCOc1cc([C@H]2C3=C(CC(C)(C)CC3=O)Nc3ccccc3N2C(C)=O)ccc1OC(C)=O. The van der Waals surface area contributed by atoms with E-state index in [1.165, 1.54) is 13.8 Å². The van der Waals surface area contributed by atoms with Crippen LogP contribution in [0.15, 0.2) is 53.7 Å². The molecule has 0 spiro atoms. The summed E-state index contributed by atoms with van der Waals surface area (Å²) in [5.74, 6) is 0.0405. The van der Waals surface area contributed by atoms with E-state index in [0.717, 1.165) is 11.4 Å². The molecule has 1 amide bonds. The Balaban J connectivity index is 1.97. The van der Waals surface area contributed by atoms with Gasteiger partial charge in [-0.05, 0) is 48.6 Å². The van der Waals surface area contributed by atoms with E-state index in [2.05, 4.69) is 19.2 Å². The number of anilines is 2. The van der Waals surface area contributed by atoms with Crippen molar-refractivity contribution in [1.29, 1.82) is 0 Å². The maximum absolute atomic E-state index is 13.6. The second-order valence-electron chi connectivity index (χ2n) is 9.50. The lowest BCUT2D eigenvalue weighted by Crippen LogP contribution is -2.38. The van der Waals surface area contributed by atoms with E-state index in [9.17, 15) is 14.4 Å². The average Bonchev–Trinajstić information content (AvgIpc) is 2.88. The monoisotopic (exact) mass is 462 g/mol. The maximum atomic E-state index is 13.6. The first-order chi connectivity index (χ1) is 16.1.